The van der Waals surface area contributed by atoms with Gasteiger partial charge in [0.05, 0.1) is 13.0 Å². The van der Waals surface area contributed by atoms with Crippen molar-refractivity contribution in [2.75, 3.05) is 7.11 Å². The number of carbonyl (C=O) groups is 3. The zero-order chi connectivity index (χ0) is 21.2. The summed E-state index contributed by atoms with van der Waals surface area (Å²) in [4.78, 5) is 40.3. The minimum Gasteiger partial charge on any atom is -0.496 e. The fraction of sp³-hybridized carbons (Fsp3) is 0.542. The van der Waals surface area contributed by atoms with Crippen molar-refractivity contribution < 1.29 is 23.9 Å². The van der Waals surface area contributed by atoms with Gasteiger partial charge in [0.25, 0.3) is 0 Å². The molecule has 1 aromatic carbocycles. The van der Waals surface area contributed by atoms with E-state index in [9.17, 15) is 14.4 Å². The van der Waals surface area contributed by atoms with Gasteiger partial charge in [0.1, 0.15) is 11.5 Å². The molecule has 1 heterocycles. The second kappa shape index (κ2) is 6.28. The maximum Gasteiger partial charge on any atom is 0.235 e. The highest BCUT2D eigenvalue weighted by molar-refractivity contribution is 6.17. The highest BCUT2D eigenvalue weighted by atomic mass is 16.5. The van der Waals surface area contributed by atoms with Crippen molar-refractivity contribution in [1.82, 2.24) is 0 Å². The van der Waals surface area contributed by atoms with Crippen LogP contribution < -0.4 is 4.74 Å². The molecule has 1 aliphatic heterocycles. The molecule has 5 heteroatoms. The Balaban J connectivity index is 1.95. The predicted octanol–water partition coefficient (Wildman–Crippen LogP) is 4.15. The number of ether oxygens (including phenoxy) is 2. The second-order valence-corrected chi connectivity index (χ2v) is 10.2. The van der Waals surface area contributed by atoms with Crippen molar-refractivity contribution >= 4 is 17.3 Å². The molecular weight excluding hydrogens is 368 g/mol. The molecular formula is C24H28O5. The lowest BCUT2D eigenvalue weighted by molar-refractivity contribution is -0.160. The Bertz CT molecular complexity index is 930. The van der Waals surface area contributed by atoms with E-state index in [-0.39, 0.29) is 35.6 Å². The Kier molecular flexibility index (Phi) is 4.30. The van der Waals surface area contributed by atoms with Crippen LogP contribution in [-0.2, 0) is 19.1 Å². The van der Waals surface area contributed by atoms with Gasteiger partial charge in [-0.2, -0.15) is 0 Å². The smallest absolute Gasteiger partial charge is 0.235 e. The fourth-order valence-corrected chi connectivity index (χ4v) is 5.21. The van der Waals surface area contributed by atoms with E-state index in [4.69, 9.17) is 9.47 Å². The van der Waals surface area contributed by atoms with Crippen LogP contribution in [0.3, 0.4) is 0 Å². The molecule has 0 N–H and O–H groups in total. The van der Waals surface area contributed by atoms with Crippen LogP contribution in [0.2, 0.25) is 0 Å². The molecule has 0 saturated heterocycles. The monoisotopic (exact) mass is 396 g/mol. The summed E-state index contributed by atoms with van der Waals surface area (Å²) in [6.45, 7) is 7.86. The molecule has 2 aliphatic carbocycles. The van der Waals surface area contributed by atoms with Crippen LogP contribution in [0.1, 0.15) is 64.9 Å². The van der Waals surface area contributed by atoms with Crippen LogP contribution in [-0.4, -0.2) is 30.1 Å². The van der Waals surface area contributed by atoms with Crippen LogP contribution in [0, 0.1) is 10.8 Å². The average molecular weight is 396 g/mol. The highest BCUT2D eigenvalue weighted by Gasteiger charge is 2.65. The van der Waals surface area contributed by atoms with E-state index in [0.717, 1.165) is 0 Å². The molecule has 0 radical (unpaired) electrons. The van der Waals surface area contributed by atoms with Gasteiger partial charge in [-0.15, -0.1) is 0 Å². The molecule has 4 rings (SSSR count). The van der Waals surface area contributed by atoms with E-state index >= 15 is 0 Å². The number of hydrogen-bond donors (Lipinski definition) is 0. The van der Waals surface area contributed by atoms with Crippen molar-refractivity contribution in [1.29, 1.82) is 0 Å². The molecule has 5 nitrogen and oxygen atoms in total. The Morgan fingerprint density at radius 2 is 1.48 bits per heavy atom. The van der Waals surface area contributed by atoms with E-state index in [1.807, 2.05) is 45.9 Å². The molecule has 0 bridgehead atoms. The summed E-state index contributed by atoms with van der Waals surface area (Å²) in [6.07, 6.45) is 1.38. The number of Topliss-reactive ketones (excluding diaryl/α,β-unsaturated/α-hetero) is 3. The lowest BCUT2D eigenvalue weighted by Gasteiger charge is -2.41. The van der Waals surface area contributed by atoms with Gasteiger partial charge < -0.3 is 9.47 Å². The van der Waals surface area contributed by atoms with E-state index in [0.29, 0.717) is 35.5 Å². The number of ketones is 3. The zero-order valence-corrected chi connectivity index (χ0v) is 17.8. The van der Waals surface area contributed by atoms with Crippen LogP contribution in [0.15, 0.2) is 35.6 Å². The van der Waals surface area contributed by atoms with Crippen molar-refractivity contribution in [3.8, 4) is 5.75 Å². The molecule has 1 aromatic rings. The summed E-state index contributed by atoms with van der Waals surface area (Å²) in [7, 11) is 1.55. The van der Waals surface area contributed by atoms with E-state index < -0.39 is 16.9 Å². The van der Waals surface area contributed by atoms with Gasteiger partial charge in [0, 0.05) is 36.8 Å². The van der Waals surface area contributed by atoms with Crippen molar-refractivity contribution in [3.63, 3.8) is 0 Å². The Morgan fingerprint density at radius 1 is 0.897 bits per heavy atom. The number of methoxy groups -OCH3 is 1. The summed E-state index contributed by atoms with van der Waals surface area (Å²) in [6, 6.07) is 7.29. The van der Waals surface area contributed by atoms with Crippen molar-refractivity contribution in [2.24, 2.45) is 10.8 Å². The van der Waals surface area contributed by atoms with E-state index in [1.165, 1.54) is 0 Å². The van der Waals surface area contributed by atoms with Gasteiger partial charge in [-0.1, -0.05) is 45.9 Å². The Hall–Kier alpha value is -2.43. The predicted molar refractivity (Wildman–Crippen MR) is 108 cm³/mol. The molecule has 3 aliphatic rings. The summed E-state index contributed by atoms with van der Waals surface area (Å²) >= 11 is 0. The molecule has 1 spiro atoms. The molecule has 154 valence electrons. The summed E-state index contributed by atoms with van der Waals surface area (Å²) in [5, 5.41) is 0. The van der Waals surface area contributed by atoms with Gasteiger partial charge >= 0.3 is 0 Å². The molecule has 1 fully saturated rings. The fourth-order valence-electron chi connectivity index (χ4n) is 5.21. The number of allylic oxidation sites excluding steroid dienone is 1. The molecule has 0 unspecified atom stereocenters. The number of para-hydroxylation sites is 1. The van der Waals surface area contributed by atoms with Crippen LogP contribution in [0.4, 0.5) is 0 Å². The minimum absolute atomic E-state index is 0.0468. The van der Waals surface area contributed by atoms with Gasteiger partial charge in [-0.05, 0) is 16.9 Å². The SMILES string of the molecule is COc1ccccc1[C@H]1C2=C(CC(C)(C)CC2=O)OC12C(=O)CC(C)(C)CC2=O. The number of carbonyl (C=O) groups excluding carboxylic acids is 3. The highest BCUT2D eigenvalue weighted by Crippen LogP contribution is 2.58. The molecule has 1 saturated carbocycles. The molecule has 29 heavy (non-hydrogen) atoms. The number of benzene rings is 1. The Morgan fingerprint density at radius 3 is 2.10 bits per heavy atom. The van der Waals surface area contributed by atoms with E-state index in [2.05, 4.69) is 0 Å². The first kappa shape index (κ1) is 19.9. The van der Waals surface area contributed by atoms with Crippen LogP contribution >= 0.6 is 0 Å². The lowest BCUT2D eigenvalue weighted by atomic mass is 9.61. The average Bonchev–Trinajstić information content (AvgIpc) is 2.94. The lowest BCUT2D eigenvalue weighted by Crippen LogP contribution is -2.57. The standard InChI is InChI=1S/C24H28O5/c1-22(2)10-15(25)20-17(11-22)29-24(18(26)12-23(3,4)13-19(24)27)21(20)14-8-6-7-9-16(14)28-5/h6-9,21H,10-13H2,1-5H3/t21-/m0/s1. The molecule has 0 aromatic heterocycles. The quantitative estimate of drug-likeness (QED) is 0.703. The minimum atomic E-state index is -1.66. The zero-order valence-electron chi connectivity index (χ0n) is 17.8. The second-order valence-electron chi connectivity index (χ2n) is 10.2. The third kappa shape index (κ3) is 2.93. The van der Waals surface area contributed by atoms with Gasteiger partial charge in [-0.3, -0.25) is 14.4 Å². The largest absolute Gasteiger partial charge is 0.496 e. The first-order valence-corrected chi connectivity index (χ1v) is 10.2. The molecule has 1 atom stereocenters. The molecule has 0 amide bonds. The van der Waals surface area contributed by atoms with Crippen molar-refractivity contribution in [2.45, 2.75) is 64.9 Å². The summed E-state index contributed by atoms with van der Waals surface area (Å²) < 4.78 is 11.8. The third-order valence-corrected chi connectivity index (χ3v) is 6.42. The number of hydrogen-bond acceptors (Lipinski definition) is 5. The van der Waals surface area contributed by atoms with Gasteiger partial charge in [0.15, 0.2) is 17.3 Å². The third-order valence-electron chi connectivity index (χ3n) is 6.42. The van der Waals surface area contributed by atoms with Gasteiger partial charge in [-0.25, -0.2) is 0 Å². The maximum atomic E-state index is 13.5. The van der Waals surface area contributed by atoms with E-state index in [1.54, 1.807) is 13.2 Å². The topological polar surface area (TPSA) is 69.7 Å². The van der Waals surface area contributed by atoms with Crippen LogP contribution in [0.25, 0.3) is 0 Å². The first-order chi connectivity index (χ1) is 13.5. The number of rotatable bonds is 2. The summed E-state index contributed by atoms with van der Waals surface area (Å²) in [5.41, 5.74) is -1.21. The van der Waals surface area contributed by atoms with Crippen LogP contribution in [0.5, 0.6) is 5.75 Å². The van der Waals surface area contributed by atoms with Crippen molar-refractivity contribution in [3.05, 3.63) is 41.2 Å². The maximum absolute atomic E-state index is 13.5. The summed E-state index contributed by atoms with van der Waals surface area (Å²) in [5.74, 6) is -0.229. The normalized spacial score (nSPS) is 27.1. The van der Waals surface area contributed by atoms with Gasteiger partial charge in [0.2, 0.25) is 5.60 Å². The Labute approximate surface area is 171 Å². The first-order valence-electron chi connectivity index (χ1n) is 10.2.